The molecular weight excluding hydrogens is 366 g/mol. The Balaban J connectivity index is 0. The SMILES string of the molecule is CC.CC.CCc1c(C(=O)OC(C)(C)C)[nH]c(C)c1C(=O)NCCN(CC)CC. The zero-order valence-corrected chi connectivity index (χ0v) is 20.7. The van der Waals surface area contributed by atoms with Crippen LogP contribution in [0.15, 0.2) is 0 Å². The van der Waals surface area contributed by atoms with Crippen LogP contribution < -0.4 is 5.32 Å². The Morgan fingerprint density at radius 1 is 1.03 bits per heavy atom. The van der Waals surface area contributed by atoms with E-state index < -0.39 is 11.6 Å². The van der Waals surface area contributed by atoms with E-state index in [0.29, 0.717) is 35.5 Å². The Labute approximate surface area is 178 Å². The molecule has 0 radical (unpaired) electrons. The summed E-state index contributed by atoms with van der Waals surface area (Å²) in [6.45, 7) is 24.7. The number of hydrogen-bond donors (Lipinski definition) is 2. The maximum absolute atomic E-state index is 12.6. The van der Waals surface area contributed by atoms with Crippen molar-refractivity contribution in [2.45, 2.75) is 88.2 Å². The Kier molecular flexibility index (Phi) is 15.3. The number of rotatable bonds is 8. The van der Waals surface area contributed by atoms with Crippen LogP contribution in [0.3, 0.4) is 0 Å². The molecule has 0 saturated heterocycles. The molecule has 0 aliphatic carbocycles. The lowest BCUT2D eigenvalue weighted by atomic mass is 10.1. The van der Waals surface area contributed by atoms with E-state index in [2.05, 4.69) is 29.0 Å². The van der Waals surface area contributed by atoms with Gasteiger partial charge >= 0.3 is 5.97 Å². The summed E-state index contributed by atoms with van der Waals surface area (Å²) in [6.07, 6.45) is 0.581. The van der Waals surface area contributed by atoms with Gasteiger partial charge in [-0.25, -0.2) is 4.79 Å². The van der Waals surface area contributed by atoms with E-state index in [9.17, 15) is 9.59 Å². The van der Waals surface area contributed by atoms with Crippen molar-refractivity contribution in [1.82, 2.24) is 15.2 Å². The number of nitrogens with one attached hydrogen (secondary N) is 2. The summed E-state index contributed by atoms with van der Waals surface area (Å²) in [4.78, 5) is 30.3. The zero-order valence-electron chi connectivity index (χ0n) is 20.7. The number of H-pyrrole nitrogens is 1. The molecule has 0 spiro atoms. The molecule has 1 amide bonds. The van der Waals surface area contributed by atoms with E-state index in [0.717, 1.165) is 19.6 Å². The minimum absolute atomic E-state index is 0.146. The van der Waals surface area contributed by atoms with Gasteiger partial charge in [-0.15, -0.1) is 0 Å². The Hall–Kier alpha value is -1.82. The monoisotopic (exact) mass is 411 g/mol. The van der Waals surface area contributed by atoms with E-state index >= 15 is 0 Å². The van der Waals surface area contributed by atoms with Crippen LogP contribution >= 0.6 is 0 Å². The van der Waals surface area contributed by atoms with Gasteiger partial charge in [0.05, 0.1) is 5.56 Å². The van der Waals surface area contributed by atoms with Gasteiger partial charge in [0.2, 0.25) is 0 Å². The molecule has 1 aromatic heterocycles. The highest BCUT2D eigenvalue weighted by Gasteiger charge is 2.27. The number of nitrogens with zero attached hydrogens (tertiary/aromatic N) is 1. The molecule has 170 valence electrons. The predicted molar refractivity (Wildman–Crippen MR) is 123 cm³/mol. The molecule has 29 heavy (non-hydrogen) atoms. The first-order chi connectivity index (χ1) is 13.6. The van der Waals surface area contributed by atoms with Gasteiger partial charge < -0.3 is 19.9 Å². The van der Waals surface area contributed by atoms with Gasteiger partial charge in [0.25, 0.3) is 5.91 Å². The van der Waals surface area contributed by atoms with Gasteiger partial charge in [0.1, 0.15) is 11.3 Å². The first-order valence-corrected chi connectivity index (χ1v) is 11.1. The molecule has 0 unspecified atom stereocenters. The van der Waals surface area contributed by atoms with Crippen LogP contribution in [0.4, 0.5) is 0 Å². The van der Waals surface area contributed by atoms with Crippen molar-refractivity contribution >= 4 is 11.9 Å². The molecule has 0 aliphatic rings. The molecule has 0 aromatic carbocycles. The Morgan fingerprint density at radius 2 is 1.55 bits per heavy atom. The molecule has 0 atom stereocenters. The van der Waals surface area contributed by atoms with Crippen LogP contribution in [-0.4, -0.2) is 53.5 Å². The van der Waals surface area contributed by atoms with Crippen LogP contribution in [0, 0.1) is 6.92 Å². The Morgan fingerprint density at radius 3 is 1.97 bits per heavy atom. The van der Waals surface area contributed by atoms with E-state index in [1.54, 1.807) is 0 Å². The molecular formula is C23H45N3O3. The van der Waals surface area contributed by atoms with Crippen LogP contribution in [-0.2, 0) is 11.2 Å². The third-order valence-corrected chi connectivity index (χ3v) is 4.08. The van der Waals surface area contributed by atoms with Crippen LogP contribution in [0.1, 0.15) is 101 Å². The molecule has 2 N–H and O–H groups in total. The lowest BCUT2D eigenvalue weighted by Gasteiger charge is -2.19. The lowest BCUT2D eigenvalue weighted by Crippen LogP contribution is -2.35. The number of aromatic nitrogens is 1. The normalized spacial score (nSPS) is 10.5. The first kappa shape index (κ1) is 29.4. The third-order valence-electron chi connectivity index (χ3n) is 4.08. The minimum atomic E-state index is -0.576. The number of aryl methyl sites for hydroxylation is 1. The summed E-state index contributed by atoms with van der Waals surface area (Å²) in [6, 6.07) is 0. The van der Waals surface area contributed by atoms with Crippen molar-refractivity contribution in [1.29, 1.82) is 0 Å². The molecule has 1 heterocycles. The molecule has 6 heteroatoms. The van der Waals surface area contributed by atoms with E-state index in [-0.39, 0.29) is 5.91 Å². The van der Waals surface area contributed by atoms with Crippen molar-refractivity contribution in [2.24, 2.45) is 0 Å². The maximum Gasteiger partial charge on any atom is 0.355 e. The summed E-state index contributed by atoms with van der Waals surface area (Å²) in [5.74, 6) is -0.567. The highest BCUT2D eigenvalue weighted by Crippen LogP contribution is 2.22. The van der Waals surface area contributed by atoms with Gasteiger partial charge in [0, 0.05) is 18.8 Å². The van der Waals surface area contributed by atoms with Crippen molar-refractivity contribution in [2.75, 3.05) is 26.2 Å². The second kappa shape index (κ2) is 15.1. The fourth-order valence-corrected chi connectivity index (χ4v) is 2.80. The molecule has 0 fully saturated rings. The first-order valence-electron chi connectivity index (χ1n) is 11.1. The van der Waals surface area contributed by atoms with Gasteiger partial charge in [-0.2, -0.15) is 0 Å². The standard InChI is InChI=1S/C19H33N3O3.2C2H6/c1-8-14-15(17(23)20-11-12-22(9-2)10-3)13(4)21-16(14)18(24)25-19(5,6)7;2*1-2/h21H,8-12H2,1-7H3,(H,20,23);2*1-2H3. The largest absolute Gasteiger partial charge is 0.455 e. The number of esters is 1. The summed E-state index contributed by atoms with van der Waals surface area (Å²) < 4.78 is 5.45. The third kappa shape index (κ3) is 9.97. The summed E-state index contributed by atoms with van der Waals surface area (Å²) >= 11 is 0. The number of aromatic amines is 1. The quantitative estimate of drug-likeness (QED) is 0.593. The minimum Gasteiger partial charge on any atom is -0.455 e. The molecule has 0 saturated carbocycles. The van der Waals surface area contributed by atoms with Crippen molar-refractivity contribution in [3.8, 4) is 0 Å². The van der Waals surface area contributed by atoms with Crippen molar-refractivity contribution in [3.05, 3.63) is 22.5 Å². The number of carbonyl (C=O) groups is 2. The number of amides is 1. The number of ether oxygens (including phenoxy) is 1. The molecule has 0 bridgehead atoms. The molecule has 1 rings (SSSR count). The zero-order chi connectivity index (χ0) is 23.2. The van der Waals surface area contributed by atoms with Gasteiger partial charge in [-0.1, -0.05) is 48.5 Å². The Bertz CT molecular complexity index is 597. The number of hydrogen-bond acceptors (Lipinski definition) is 4. The second-order valence-corrected chi connectivity index (χ2v) is 7.12. The average Bonchev–Trinajstić information content (AvgIpc) is 3.03. The number of likely N-dealkylation sites (N-methyl/N-ethyl adjacent to an activating group) is 1. The van der Waals surface area contributed by atoms with Gasteiger partial charge in [-0.3, -0.25) is 4.79 Å². The summed E-state index contributed by atoms with van der Waals surface area (Å²) in [5.41, 5.74) is 1.77. The molecule has 0 aliphatic heterocycles. The fourth-order valence-electron chi connectivity index (χ4n) is 2.80. The maximum atomic E-state index is 12.6. The second-order valence-electron chi connectivity index (χ2n) is 7.12. The molecule has 6 nitrogen and oxygen atoms in total. The average molecular weight is 412 g/mol. The lowest BCUT2D eigenvalue weighted by molar-refractivity contribution is 0.00622. The van der Waals surface area contributed by atoms with Crippen LogP contribution in [0.25, 0.3) is 0 Å². The highest BCUT2D eigenvalue weighted by atomic mass is 16.6. The predicted octanol–water partition coefficient (Wildman–Crippen LogP) is 4.96. The highest BCUT2D eigenvalue weighted by molar-refractivity contribution is 6.01. The fraction of sp³-hybridized carbons (Fsp3) is 0.739. The molecule has 1 aromatic rings. The van der Waals surface area contributed by atoms with Gasteiger partial charge in [-0.05, 0) is 52.8 Å². The van der Waals surface area contributed by atoms with Crippen LogP contribution in [0.5, 0.6) is 0 Å². The van der Waals surface area contributed by atoms with Gasteiger partial charge in [0.15, 0.2) is 0 Å². The summed E-state index contributed by atoms with van der Waals surface area (Å²) in [7, 11) is 0. The smallest absolute Gasteiger partial charge is 0.355 e. The summed E-state index contributed by atoms with van der Waals surface area (Å²) in [5, 5.41) is 2.96. The van der Waals surface area contributed by atoms with Crippen LogP contribution in [0.2, 0.25) is 0 Å². The van der Waals surface area contributed by atoms with E-state index in [4.69, 9.17) is 4.74 Å². The van der Waals surface area contributed by atoms with Crippen molar-refractivity contribution in [3.63, 3.8) is 0 Å². The topological polar surface area (TPSA) is 74.4 Å². The van der Waals surface area contributed by atoms with Crippen molar-refractivity contribution < 1.29 is 14.3 Å². The van der Waals surface area contributed by atoms with E-state index in [1.807, 2.05) is 62.3 Å². The number of carbonyl (C=O) groups excluding carboxylic acids is 2. The van der Waals surface area contributed by atoms with E-state index in [1.165, 1.54) is 0 Å².